The van der Waals surface area contributed by atoms with Gasteiger partial charge < -0.3 is 15.4 Å². The van der Waals surface area contributed by atoms with E-state index in [9.17, 15) is 19.2 Å². The lowest BCUT2D eigenvalue weighted by Gasteiger charge is -2.14. The Morgan fingerprint density at radius 3 is 2.25 bits per heavy atom. The first-order valence-electron chi connectivity index (χ1n) is 11.5. The fourth-order valence-electron chi connectivity index (χ4n) is 3.88. The highest BCUT2D eigenvalue weighted by Gasteiger charge is 2.17. The van der Waals surface area contributed by atoms with Crippen molar-refractivity contribution in [2.75, 3.05) is 19.0 Å². The van der Waals surface area contributed by atoms with Crippen LogP contribution in [0.15, 0.2) is 82.4 Å². The Hall–Kier alpha value is -4.66. The van der Waals surface area contributed by atoms with Crippen LogP contribution in [0.4, 0.5) is 5.69 Å². The number of carbonyl (C=O) groups excluding carboxylic acids is 2. The van der Waals surface area contributed by atoms with Crippen molar-refractivity contribution in [2.24, 2.45) is 0 Å². The first kappa shape index (κ1) is 24.5. The number of likely N-dealkylation sites (N-methyl/N-ethyl adjacent to an activating group) is 1. The minimum Gasteiger partial charge on any atom is -0.494 e. The minimum absolute atomic E-state index is 0.147. The van der Waals surface area contributed by atoms with Crippen LogP contribution in [-0.2, 0) is 22.6 Å². The third-order valence-electron chi connectivity index (χ3n) is 5.64. The van der Waals surface area contributed by atoms with E-state index in [1.54, 1.807) is 79.8 Å². The van der Waals surface area contributed by atoms with Gasteiger partial charge in [-0.25, -0.2) is 9.36 Å². The van der Waals surface area contributed by atoms with E-state index in [2.05, 4.69) is 10.6 Å². The fourth-order valence-corrected chi connectivity index (χ4v) is 3.88. The van der Waals surface area contributed by atoms with Crippen molar-refractivity contribution < 1.29 is 14.3 Å². The summed E-state index contributed by atoms with van der Waals surface area (Å²) in [6.07, 6.45) is 0.180. The molecule has 0 unspecified atom stereocenters. The van der Waals surface area contributed by atoms with Gasteiger partial charge in [-0.15, -0.1) is 0 Å². The number of nitrogens with one attached hydrogen (secondary N) is 2. The van der Waals surface area contributed by atoms with Crippen molar-refractivity contribution in [3.63, 3.8) is 0 Å². The van der Waals surface area contributed by atoms with Gasteiger partial charge in [0.05, 0.1) is 29.6 Å². The van der Waals surface area contributed by atoms with Crippen molar-refractivity contribution in [3.05, 3.63) is 99.2 Å². The second kappa shape index (κ2) is 10.7. The summed E-state index contributed by atoms with van der Waals surface area (Å²) in [5.74, 6) is 0.121. The van der Waals surface area contributed by atoms with Gasteiger partial charge in [-0.05, 0) is 61.0 Å². The standard InChI is InChI=1S/C27H26N4O5/c1-3-36-21-14-10-19(11-15-21)29-25(33)17-30-23-7-5-4-6-22(23)26(34)31(27(30)35)20-12-8-18(9-13-20)16-24(32)28-2/h4-15H,3,16-17H2,1-2H3,(H,28,32)(H,29,33). The summed E-state index contributed by atoms with van der Waals surface area (Å²) < 4.78 is 7.73. The normalized spacial score (nSPS) is 10.7. The van der Waals surface area contributed by atoms with Gasteiger partial charge in [0, 0.05) is 12.7 Å². The molecule has 0 atom stereocenters. The molecule has 1 aromatic heterocycles. The molecule has 0 bridgehead atoms. The van der Waals surface area contributed by atoms with Crippen LogP contribution >= 0.6 is 0 Å². The highest BCUT2D eigenvalue weighted by atomic mass is 16.5. The number of carbonyl (C=O) groups is 2. The van der Waals surface area contributed by atoms with Crippen LogP contribution in [0.25, 0.3) is 16.6 Å². The van der Waals surface area contributed by atoms with E-state index < -0.39 is 17.2 Å². The SMILES string of the molecule is CCOc1ccc(NC(=O)Cn2c(=O)n(-c3ccc(CC(=O)NC)cc3)c(=O)c3ccccc32)cc1. The largest absolute Gasteiger partial charge is 0.494 e. The van der Waals surface area contributed by atoms with Crippen molar-refractivity contribution in [1.82, 2.24) is 14.5 Å². The fraction of sp³-hybridized carbons (Fsp3) is 0.185. The second-order valence-electron chi connectivity index (χ2n) is 8.05. The molecule has 0 fully saturated rings. The van der Waals surface area contributed by atoms with Crippen molar-refractivity contribution >= 4 is 28.4 Å². The molecule has 184 valence electrons. The topological polar surface area (TPSA) is 111 Å². The number of amides is 2. The van der Waals surface area contributed by atoms with Crippen LogP contribution in [0.5, 0.6) is 5.75 Å². The summed E-state index contributed by atoms with van der Waals surface area (Å²) in [6.45, 7) is 2.13. The number of benzene rings is 3. The van der Waals surface area contributed by atoms with E-state index in [0.717, 1.165) is 10.1 Å². The van der Waals surface area contributed by atoms with Crippen LogP contribution in [0.1, 0.15) is 12.5 Å². The van der Waals surface area contributed by atoms with Gasteiger partial charge >= 0.3 is 5.69 Å². The Balaban J connectivity index is 1.69. The van der Waals surface area contributed by atoms with E-state index in [1.165, 1.54) is 4.57 Å². The molecule has 2 amide bonds. The molecule has 0 saturated carbocycles. The van der Waals surface area contributed by atoms with E-state index >= 15 is 0 Å². The molecule has 1 heterocycles. The molecule has 0 aliphatic carbocycles. The van der Waals surface area contributed by atoms with Gasteiger partial charge in [0.25, 0.3) is 5.56 Å². The maximum Gasteiger partial charge on any atom is 0.336 e. The quantitative estimate of drug-likeness (QED) is 0.398. The highest BCUT2D eigenvalue weighted by Crippen LogP contribution is 2.16. The lowest BCUT2D eigenvalue weighted by Crippen LogP contribution is -2.40. The van der Waals surface area contributed by atoms with E-state index in [-0.39, 0.29) is 18.9 Å². The molecule has 0 aliphatic heterocycles. The van der Waals surface area contributed by atoms with Crippen molar-refractivity contribution in [2.45, 2.75) is 19.9 Å². The molecule has 4 aromatic rings. The smallest absolute Gasteiger partial charge is 0.336 e. The second-order valence-corrected chi connectivity index (χ2v) is 8.05. The number of hydrogen-bond acceptors (Lipinski definition) is 5. The summed E-state index contributed by atoms with van der Waals surface area (Å²) in [4.78, 5) is 51.2. The first-order valence-corrected chi connectivity index (χ1v) is 11.5. The molecule has 36 heavy (non-hydrogen) atoms. The monoisotopic (exact) mass is 486 g/mol. The zero-order chi connectivity index (χ0) is 25.7. The zero-order valence-corrected chi connectivity index (χ0v) is 20.0. The van der Waals surface area contributed by atoms with E-state index in [0.29, 0.717) is 34.6 Å². The van der Waals surface area contributed by atoms with Crippen LogP contribution in [0.3, 0.4) is 0 Å². The minimum atomic E-state index is -0.639. The Morgan fingerprint density at radius 1 is 0.889 bits per heavy atom. The number of anilines is 1. The van der Waals surface area contributed by atoms with Crippen LogP contribution in [-0.4, -0.2) is 34.6 Å². The average molecular weight is 487 g/mol. The molecule has 0 aliphatic rings. The van der Waals surface area contributed by atoms with Gasteiger partial charge in [0.2, 0.25) is 11.8 Å². The third-order valence-corrected chi connectivity index (χ3v) is 5.64. The zero-order valence-electron chi connectivity index (χ0n) is 20.0. The number of aromatic nitrogens is 2. The molecule has 3 aromatic carbocycles. The summed E-state index contributed by atoms with van der Waals surface area (Å²) >= 11 is 0. The number of fused-ring (bicyclic) bond motifs is 1. The number of para-hydroxylation sites is 1. The third kappa shape index (κ3) is 5.20. The summed E-state index contributed by atoms with van der Waals surface area (Å²) in [6, 6.07) is 20.2. The Kier molecular flexibility index (Phi) is 7.29. The van der Waals surface area contributed by atoms with Crippen molar-refractivity contribution in [3.8, 4) is 11.4 Å². The van der Waals surface area contributed by atoms with Gasteiger partial charge in [0.1, 0.15) is 12.3 Å². The van der Waals surface area contributed by atoms with Crippen LogP contribution in [0.2, 0.25) is 0 Å². The lowest BCUT2D eigenvalue weighted by molar-refractivity contribution is -0.120. The predicted octanol–water partition coefficient (Wildman–Crippen LogP) is 2.48. The molecule has 4 rings (SSSR count). The first-order chi connectivity index (χ1) is 17.4. The van der Waals surface area contributed by atoms with Crippen molar-refractivity contribution in [1.29, 1.82) is 0 Å². The molecule has 9 heteroatoms. The number of hydrogen-bond donors (Lipinski definition) is 2. The Bertz CT molecular complexity index is 1520. The number of nitrogens with zero attached hydrogens (tertiary/aromatic N) is 2. The summed E-state index contributed by atoms with van der Waals surface area (Å²) in [5, 5.41) is 5.64. The molecular weight excluding hydrogens is 460 g/mol. The molecular formula is C27H26N4O5. The molecule has 0 spiro atoms. The Labute approximate surface area is 207 Å². The number of ether oxygens (including phenoxy) is 1. The number of rotatable bonds is 8. The van der Waals surface area contributed by atoms with E-state index in [1.807, 2.05) is 6.92 Å². The molecule has 2 N–H and O–H groups in total. The van der Waals surface area contributed by atoms with Gasteiger partial charge in [-0.3, -0.25) is 19.0 Å². The maximum absolute atomic E-state index is 13.5. The van der Waals surface area contributed by atoms with E-state index in [4.69, 9.17) is 4.74 Å². The van der Waals surface area contributed by atoms with Gasteiger partial charge in [-0.2, -0.15) is 0 Å². The highest BCUT2D eigenvalue weighted by molar-refractivity contribution is 5.91. The lowest BCUT2D eigenvalue weighted by atomic mass is 10.1. The van der Waals surface area contributed by atoms with Crippen LogP contribution in [0, 0.1) is 0 Å². The van der Waals surface area contributed by atoms with Crippen LogP contribution < -0.4 is 26.6 Å². The van der Waals surface area contributed by atoms with Gasteiger partial charge in [0.15, 0.2) is 0 Å². The average Bonchev–Trinajstić information content (AvgIpc) is 2.89. The predicted molar refractivity (Wildman–Crippen MR) is 138 cm³/mol. The molecule has 0 radical (unpaired) electrons. The molecule has 0 saturated heterocycles. The summed E-state index contributed by atoms with van der Waals surface area (Å²) in [7, 11) is 1.56. The summed E-state index contributed by atoms with van der Waals surface area (Å²) in [5.41, 5.74) is 0.874. The Morgan fingerprint density at radius 2 is 1.58 bits per heavy atom. The van der Waals surface area contributed by atoms with Gasteiger partial charge in [-0.1, -0.05) is 24.3 Å². The molecule has 9 nitrogen and oxygen atoms in total. The maximum atomic E-state index is 13.5.